The number of fused-ring (bicyclic) bond motifs is 2. The van der Waals surface area contributed by atoms with E-state index < -0.39 is 18.3 Å². The Morgan fingerprint density at radius 2 is 2.07 bits per heavy atom. The van der Waals surface area contributed by atoms with Gasteiger partial charge in [-0.05, 0) is 31.1 Å². The fraction of sp³-hybridized carbons (Fsp3) is 1.00. The molecule has 2 saturated carbocycles. The first-order chi connectivity index (χ1) is 6.95. The van der Waals surface area contributed by atoms with Crippen LogP contribution in [0.2, 0.25) is 0 Å². The molecule has 0 radical (unpaired) electrons. The van der Waals surface area contributed by atoms with Gasteiger partial charge in [-0.25, -0.2) is 0 Å². The molecule has 0 aromatic heterocycles. The largest absolute Gasteiger partial charge is 0.401 e. The maximum atomic E-state index is 12.1. The van der Waals surface area contributed by atoms with Crippen molar-refractivity contribution in [1.29, 1.82) is 0 Å². The van der Waals surface area contributed by atoms with E-state index in [-0.39, 0.29) is 12.5 Å². The molecule has 0 aliphatic heterocycles. The Morgan fingerprint density at radius 3 is 2.47 bits per heavy atom. The van der Waals surface area contributed by atoms with E-state index in [0.717, 1.165) is 19.3 Å². The predicted octanol–water partition coefficient (Wildman–Crippen LogP) is 1.69. The summed E-state index contributed by atoms with van der Waals surface area (Å²) in [6, 6.07) is 0. The molecular weight excluding hydrogens is 207 g/mol. The standard InChI is InChI=1S/C10H16F3NO/c11-10(12,13)5-14-9(6-15)4-7-1-2-8(9)3-7/h7-8,14-15H,1-6H2. The van der Waals surface area contributed by atoms with E-state index in [2.05, 4.69) is 5.32 Å². The second-order valence-corrected chi connectivity index (χ2v) is 4.86. The Hall–Kier alpha value is -0.290. The van der Waals surface area contributed by atoms with Crippen LogP contribution in [0.4, 0.5) is 13.2 Å². The van der Waals surface area contributed by atoms with Gasteiger partial charge in [-0.2, -0.15) is 13.2 Å². The molecule has 3 atom stereocenters. The van der Waals surface area contributed by atoms with Crippen molar-refractivity contribution in [2.24, 2.45) is 11.8 Å². The lowest BCUT2D eigenvalue weighted by Gasteiger charge is -2.37. The highest BCUT2D eigenvalue weighted by atomic mass is 19.4. The zero-order valence-electron chi connectivity index (χ0n) is 8.48. The molecule has 0 spiro atoms. The molecule has 2 nitrogen and oxygen atoms in total. The van der Waals surface area contributed by atoms with Gasteiger partial charge < -0.3 is 10.4 Å². The van der Waals surface area contributed by atoms with Crippen molar-refractivity contribution < 1.29 is 18.3 Å². The number of halogens is 3. The topological polar surface area (TPSA) is 32.3 Å². The van der Waals surface area contributed by atoms with E-state index in [1.165, 1.54) is 0 Å². The van der Waals surface area contributed by atoms with Gasteiger partial charge in [0.05, 0.1) is 13.2 Å². The summed E-state index contributed by atoms with van der Waals surface area (Å²) in [6.45, 7) is -1.17. The summed E-state index contributed by atoms with van der Waals surface area (Å²) in [5.74, 6) is 0.748. The van der Waals surface area contributed by atoms with Crippen LogP contribution in [0.1, 0.15) is 25.7 Å². The molecule has 5 heteroatoms. The minimum Gasteiger partial charge on any atom is -0.394 e. The second-order valence-electron chi connectivity index (χ2n) is 4.86. The first-order valence-corrected chi connectivity index (χ1v) is 5.38. The summed E-state index contributed by atoms with van der Waals surface area (Å²) >= 11 is 0. The summed E-state index contributed by atoms with van der Waals surface area (Å²) < 4.78 is 36.3. The highest BCUT2D eigenvalue weighted by molar-refractivity contribution is 5.06. The smallest absolute Gasteiger partial charge is 0.394 e. The molecule has 0 aromatic carbocycles. The molecule has 88 valence electrons. The molecule has 2 fully saturated rings. The molecule has 0 amide bonds. The minimum atomic E-state index is -4.19. The first-order valence-electron chi connectivity index (χ1n) is 5.38. The average molecular weight is 223 g/mol. The van der Waals surface area contributed by atoms with Crippen LogP contribution in [0.25, 0.3) is 0 Å². The van der Waals surface area contributed by atoms with Crippen molar-refractivity contribution in [2.45, 2.75) is 37.4 Å². The molecule has 0 aromatic rings. The number of hydrogen-bond acceptors (Lipinski definition) is 2. The number of rotatable bonds is 3. The van der Waals surface area contributed by atoms with E-state index in [9.17, 15) is 18.3 Å². The summed E-state index contributed by atoms with van der Waals surface area (Å²) in [4.78, 5) is 0. The molecule has 2 N–H and O–H groups in total. The second kappa shape index (κ2) is 3.63. The van der Waals surface area contributed by atoms with E-state index in [1.807, 2.05) is 0 Å². The maximum absolute atomic E-state index is 12.1. The summed E-state index contributed by atoms with van der Waals surface area (Å²) in [5, 5.41) is 11.8. The summed E-state index contributed by atoms with van der Waals surface area (Å²) in [6.07, 6.45) is -0.449. The van der Waals surface area contributed by atoms with Gasteiger partial charge in [-0.1, -0.05) is 6.42 Å². The quantitative estimate of drug-likeness (QED) is 0.763. The van der Waals surface area contributed by atoms with Gasteiger partial charge in [0, 0.05) is 5.54 Å². The molecule has 0 heterocycles. The summed E-state index contributed by atoms with van der Waals surface area (Å²) in [5.41, 5.74) is -0.654. The van der Waals surface area contributed by atoms with Gasteiger partial charge in [0.1, 0.15) is 0 Å². The molecule has 2 aliphatic rings. The number of aliphatic hydroxyl groups excluding tert-OH is 1. The van der Waals surface area contributed by atoms with Gasteiger partial charge >= 0.3 is 6.18 Å². The van der Waals surface area contributed by atoms with Crippen LogP contribution in [0.5, 0.6) is 0 Å². The Kier molecular flexibility index (Phi) is 2.71. The van der Waals surface area contributed by atoms with E-state index in [0.29, 0.717) is 12.3 Å². The van der Waals surface area contributed by atoms with Crippen LogP contribution in [-0.2, 0) is 0 Å². The molecular formula is C10H16F3NO. The zero-order valence-corrected chi connectivity index (χ0v) is 8.48. The fourth-order valence-electron chi connectivity index (χ4n) is 3.19. The minimum absolute atomic E-state index is 0.176. The Labute approximate surface area is 86.9 Å². The molecule has 2 bridgehead atoms. The summed E-state index contributed by atoms with van der Waals surface area (Å²) in [7, 11) is 0. The van der Waals surface area contributed by atoms with Crippen molar-refractivity contribution in [2.75, 3.05) is 13.2 Å². The lowest BCUT2D eigenvalue weighted by molar-refractivity contribution is -0.131. The Balaban J connectivity index is 1.98. The fourth-order valence-corrected chi connectivity index (χ4v) is 3.19. The van der Waals surface area contributed by atoms with Crippen molar-refractivity contribution in [3.63, 3.8) is 0 Å². The lowest BCUT2D eigenvalue weighted by atomic mass is 9.81. The molecule has 15 heavy (non-hydrogen) atoms. The van der Waals surface area contributed by atoms with Crippen LogP contribution in [-0.4, -0.2) is 30.0 Å². The number of alkyl halides is 3. The third kappa shape index (κ3) is 2.13. The number of hydrogen-bond donors (Lipinski definition) is 2. The van der Waals surface area contributed by atoms with E-state index in [1.54, 1.807) is 0 Å². The predicted molar refractivity (Wildman–Crippen MR) is 49.3 cm³/mol. The van der Waals surface area contributed by atoms with Gasteiger partial charge in [0.2, 0.25) is 0 Å². The molecule has 3 unspecified atom stereocenters. The van der Waals surface area contributed by atoms with Crippen LogP contribution in [0.3, 0.4) is 0 Å². The maximum Gasteiger partial charge on any atom is 0.401 e. The van der Waals surface area contributed by atoms with Crippen LogP contribution in [0.15, 0.2) is 0 Å². The van der Waals surface area contributed by atoms with Crippen molar-refractivity contribution >= 4 is 0 Å². The van der Waals surface area contributed by atoms with Gasteiger partial charge in [-0.15, -0.1) is 0 Å². The third-order valence-electron chi connectivity index (χ3n) is 3.90. The van der Waals surface area contributed by atoms with Crippen LogP contribution in [0, 0.1) is 11.8 Å². The number of nitrogens with one attached hydrogen (secondary N) is 1. The lowest BCUT2D eigenvalue weighted by Crippen LogP contribution is -2.55. The zero-order chi connectivity index (χ0) is 11.1. The first kappa shape index (κ1) is 11.2. The average Bonchev–Trinajstić information content (AvgIpc) is 2.73. The van der Waals surface area contributed by atoms with Crippen LogP contribution >= 0.6 is 0 Å². The van der Waals surface area contributed by atoms with Crippen molar-refractivity contribution in [3.05, 3.63) is 0 Å². The Bertz CT molecular complexity index is 243. The SMILES string of the molecule is OCC1(NCC(F)(F)F)CC2CCC1C2. The normalized spacial score (nSPS) is 40.0. The highest BCUT2D eigenvalue weighted by Crippen LogP contribution is 2.50. The number of aliphatic hydroxyl groups is 1. The highest BCUT2D eigenvalue weighted by Gasteiger charge is 2.51. The van der Waals surface area contributed by atoms with Crippen molar-refractivity contribution in [1.82, 2.24) is 5.32 Å². The third-order valence-corrected chi connectivity index (χ3v) is 3.90. The monoisotopic (exact) mass is 223 g/mol. The van der Waals surface area contributed by atoms with Crippen molar-refractivity contribution in [3.8, 4) is 0 Å². The molecule has 0 saturated heterocycles. The molecule has 2 aliphatic carbocycles. The van der Waals surface area contributed by atoms with Gasteiger partial charge in [0.25, 0.3) is 0 Å². The molecule has 2 rings (SSSR count). The van der Waals surface area contributed by atoms with Gasteiger partial charge in [0.15, 0.2) is 0 Å². The Morgan fingerprint density at radius 1 is 1.33 bits per heavy atom. The van der Waals surface area contributed by atoms with E-state index >= 15 is 0 Å². The van der Waals surface area contributed by atoms with Crippen LogP contribution < -0.4 is 5.32 Å². The van der Waals surface area contributed by atoms with E-state index in [4.69, 9.17) is 0 Å². The van der Waals surface area contributed by atoms with Gasteiger partial charge in [-0.3, -0.25) is 0 Å².